The average Bonchev–Trinajstić information content (AvgIpc) is 2.79. The largest absolute Gasteiger partial charge is 0.336 e. The molecule has 170 valence electrons. The number of hydrogen-bond donors (Lipinski definition) is 0. The quantitative estimate of drug-likeness (QED) is 0.372. The summed E-state index contributed by atoms with van der Waals surface area (Å²) >= 11 is 0. The average molecular weight is 450 g/mol. The van der Waals surface area contributed by atoms with E-state index in [-0.39, 0.29) is 23.2 Å². The molecule has 0 bridgehead atoms. The van der Waals surface area contributed by atoms with Crippen LogP contribution in [0.15, 0.2) is 79.4 Å². The van der Waals surface area contributed by atoms with Gasteiger partial charge in [-0.25, -0.2) is 13.2 Å². The number of hydrogen-bond acceptors (Lipinski definition) is 1. The van der Waals surface area contributed by atoms with Crippen molar-refractivity contribution in [3.05, 3.63) is 108 Å². The highest BCUT2D eigenvalue weighted by molar-refractivity contribution is 5.79. The summed E-state index contributed by atoms with van der Waals surface area (Å²) in [5, 5.41) is 0. The highest BCUT2D eigenvalue weighted by Crippen LogP contribution is 2.41. The number of carbonyl (C=O) groups excluding carboxylic acids is 1. The molecule has 33 heavy (non-hydrogen) atoms. The number of piperidine rings is 1. The minimum absolute atomic E-state index is 0.0357. The third-order valence-electron chi connectivity index (χ3n) is 6.74. The summed E-state index contributed by atoms with van der Waals surface area (Å²) in [5.41, 5.74) is 2.49. The number of allylic oxidation sites excluding steroid dienone is 1. The Morgan fingerprint density at radius 1 is 1.00 bits per heavy atom. The SMILES string of the molecule is C=CC[C@]1(c2ccc(F)cc2)CCN([C@H](C)c2ccc(-c3ccc(F)cc3F)cc2)C(=O)C1. The van der Waals surface area contributed by atoms with E-state index < -0.39 is 11.6 Å². The zero-order valence-electron chi connectivity index (χ0n) is 18.5. The first-order valence-corrected chi connectivity index (χ1v) is 11.0. The normalized spacial score (nSPS) is 19.4. The van der Waals surface area contributed by atoms with Crippen LogP contribution in [0, 0.1) is 17.5 Å². The standard InChI is InChI=1S/C28H26F3NO/c1-3-14-28(22-8-10-23(29)11-9-22)15-16-32(27(33)18-28)19(2)20-4-6-21(7-5-20)25-13-12-24(30)17-26(25)31/h3-13,17,19H,1,14-16,18H2,2H3/t19-,28+/m1/s1. The summed E-state index contributed by atoms with van der Waals surface area (Å²) in [6.07, 6.45) is 3.54. The van der Waals surface area contributed by atoms with Gasteiger partial charge in [0.05, 0.1) is 6.04 Å². The Bertz CT molecular complexity index is 1160. The molecular weight excluding hydrogens is 423 g/mol. The fourth-order valence-corrected chi connectivity index (χ4v) is 4.81. The Hall–Kier alpha value is -3.34. The number of nitrogens with zero attached hydrogens (tertiary/aromatic N) is 1. The summed E-state index contributed by atoms with van der Waals surface area (Å²) < 4.78 is 40.8. The molecule has 0 spiro atoms. The molecule has 0 unspecified atom stereocenters. The Kier molecular flexibility index (Phi) is 6.41. The van der Waals surface area contributed by atoms with Crippen molar-refractivity contribution in [2.24, 2.45) is 0 Å². The van der Waals surface area contributed by atoms with E-state index in [0.29, 0.717) is 30.5 Å². The van der Waals surface area contributed by atoms with Gasteiger partial charge in [-0.2, -0.15) is 0 Å². The number of carbonyl (C=O) groups is 1. The van der Waals surface area contributed by atoms with E-state index in [9.17, 15) is 18.0 Å². The van der Waals surface area contributed by atoms with Gasteiger partial charge in [-0.3, -0.25) is 4.79 Å². The summed E-state index contributed by atoms with van der Waals surface area (Å²) in [6.45, 7) is 6.41. The predicted molar refractivity (Wildman–Crippen MR) is 124 cm³/mol. The van der Waals surface area contributed by atoms with E-state index >= 15 is 0 Å². The molecule has 3 aromatic carbocycles. The maximum atomic E-state index is 14.1. The zero-order chi connectivity index (χ0) is 23.6. The predicted octanol–water partition coefficient (Wildman–Crippen LogP) is 6.97. The van der Waals surface area contributed by atoms with Crippen molar-refractivity contribution in [3.63, 3.8) is 0 Å². The lowest BCUT2D eigenvalue weighted by atomic mass is 9.70. The van der Waals surface area contributed by atoms with E-state index in [4.69, 9.17) is 0 Å². The van der Waals surface area contributed by atoms with Gasteiger partial charge in [0.1, 0.15) is 17.5 Å². The molecule has 1 saturated heterocycles. The Morgan fingerprint density at radius 3 is 2.27 bits per heavy atom. The van der Waals surface area contributed by atoms with Crippen LogP contribution in [0.3, 0.4) is 0 Å². The van der Waals surface area contributed by atoms with Crippen molar-refractivity contribution < 1.29 is 18.0 Å². The molecule has 3 aromatic rings. The molecule has 5 heteroatoms. The second kappa shape index (κ2) is 9.26. The minimum Gasteiger partial charge on any atom is -0.336 e. The van der Waals surface area contributed by atoms with Crippen LogP contribution in [0.5, 0.6) is 0 Å². The van der Waals surface area contributed by atoms with Crippen LogP contribution in [0.25, 0.3) is 11.1 Å². The van der Waals surface area contributed by atoms with Gasteiger partial charge in [0.15, 0.2) is 0 Å². The van der Waals surface area contributed by atoms with Crippen molar-refractivity contribution >= 4 is 5.91 Å². The smallest absolute Gasteiger partial charge is 0.223 e. The van der Waals surface area contributed by atoms with Crippen LogP contribution in [0.2, 0.25) is 0 Å². The van der Waals surface area contributed by atoms with Gasteiger partial charge in [0.2, 0.25) is 5.91 Å². The maximum absolute atomic E-state index is 14.1. The molecule has 1 fully saturated rings. The van der Waals surface area contributed by atoms with Gasteiger partial charge in [-0.05, 0) is 60.7 Å². The van der Waals surface area contributed by atoms with Gasteiger partial charge < -0.3 is 4.90 Å². The fraction of sp³-hybridized carbons (Fsp3) is 0.250. The summed E-state index contributed by atoms with van der Waals surface area (Å²) in [7, 11) is 0. The van der Waals surface area contributed by atoms with Gasteiger partial charge in [0, 0.05) is 30.0 Å². The molecule has 0 aliphatic carbocycles. The third kappa shape index (κ3) is 4.58. The molecule has 1 amide bonds. The van der Waals surface area contributed by atoms with Crippen LogP contribution in [0.4, 0.5) is 13.2 Å². The van der Waals surface area contributed by atoms with Crippen LogP contribution in [-0.2, 0) is 10.2 Å². The lowest BCUT2D eigenvalue weighted by molar-refractivity contribution is -0.138. The Balaban J connectivity index is 1.52. The molecule has 2 atom stereocenters. The molecule has 2 nitrogen and oxygen atoms in total. The summed E-state index contributed by atoms with van der Waals surface area (Å²) in [5.74, 6) is -1.48. The third-order valence-corrected chi connectivity index (χ3v) is 6.74. The van der Waals surface area contributed by atoms with Crippen LogP contribution in [-0.4, -0.2) is 17.4 Å². The van der Waals surface area contributed by atoms with E-state index in [1.807, 2.05) is 30.0 Å². The van der Waals surface area contributed by atoms with Crippen molar-refractivity contribution in [2.75, 3.05) is 6.54 Å². The highest BCUT2D eigenvalue weighted by atomic mass is 19.1. The number of benzene rings is 3. The van der Waals surface area contributed by atoms with Crippen molar-refractivity contribution in [1.29, 1.82) is 0 Å². The molecular formula is C28H26F3NO. The van der Waals surface area contributed by atoms with E-state index in [0.717, 1.165) is 23.6 Å². The molecule has 0 radical (unpaired) electrons. The highest BCUT2D eigenvalue weighted by Gasteiger charge is 2.40. The fourth-order valence-electron chi connectivity index (χ4n) is 4.81. The lowest BCUT2D eigenvalue weighted by Crippen LogP contribution is -2.47. The first kappa shape index (κ1) is 22.8. The minimum atomic E-state index is -0.613. The molecule has 4 rings (SSSR count). The number of halogens is 3. The van der Waals surface area contributed by atoms with Crippen LogP contribution >= 0.6 is 0 Å². The topological polar surface area (TPSA) is 20.3 Å². The van der Waals surface area contributed by atoms with Crippen molar-refractivity contribution in [3.8, 4) is 11.1 Å². The molecule has 0 N–H and O–H groups in total. The lowest BCUT2D eigenvalue weighted by Gasteiger charge is -2.43. The second-order valence-corrected chi connectivity index (χ2v) is 8.72. The molecule has 1 aliphatic rings. The summed E-state index contributed by atoms with van der Waals surface area (Å²) in [4.78, 5) is 15.1. The second-order valence-electron chi connectivity index (χ2n) is 8.72. The number of rotatable bonds is 6. The zero-order valence-corrected chi connectivity index (χ0v) is 18.5. The summed E-state index contributed by atoms with van der Waals surface area (Å²) in [6, 6.07) is 17.1. The molecule has 1 heterocycles. The number of likely N-dealkylation sites (tertiary alicyclic amines) is 1. The molecule has 1 aliphatic heterocycles. The van der Waals surface area contributed by atoms with E-state index in [1.165, 1.54) is 24.3 Å². The Morgan fingerprint density at radius 2 is 1.67 bits per heavy atom. The van der Waals surface area contributed by atoms with Gasteiger partial charge >= 0.3 is 0 Å². The van der Waals surface area contributed by atoms with Crippen LogP contribution in [0.1, 0.15) is 43.4 Å². The monoisotopic (exact) mass is 449 g/mol. The van der Waals surface area contributed by atoms with E-state index in [1.54, 1.807) is 24.3 Å². The van der Waals surface area contributed by atoms with Gasteiger partial charge in [0.25, 0.3) is 0 Å². The first-order chi connectivity index (χ1) is 15.8. The van der Waals surface area contributed by atoms with Crippen molar-refractivity contribution in [1.82, 2.24) is 4.90 Å². The van der Waals surface area contributed by atoms with Crippen LogP contribution < -0.4 is 0 Å². The maximum Gasteiger partial charge on any atom is 0.223 e. The molecule has 0 aromatic heterocycles. The molecule has 0 saturated carbocycles. The van der Waals surface area contributed by atoms with Gasteiger partial charge in [-0.1, -0.05) is 42.5 Å². The van der Waals surface area contributed by atoms with E-state index in [2.05, 4.69) is 6.58 Å². The number of amides is 1. The van der Waals surface area contributed by atoms with Gasteiger partial charge in [-0.15, -0.1) is 6.58 Å². The Labute approximate surface area is 192 Å². The first-order valence-electron chi connectivity index (χ1n) is 11.0. The van der Waals surface area contributed by atoms with Crippen molar-refractivity contribution in [2.45, 2.75) is 37.6 Å².